The smallest absolute Gasteiger partial charge is 0.0305 e. The second-order valence-corrected chi connectivity index (χ2v) is 6.71. The van der Waals surface area contributed by atoms with E-state index in [-0.39, 0.29) is 0 Å². The van der Waals surface area contributed by atoms with Crippen molar-refractivity contribution in [2.75, 3.05) is 0 Å². The Bertz CT molecular complexity index is 701. The van der Waals surface area contributed by atoms with Crippen LogP contribution in [0.25, 0.3) is 0 Å². The van der Waals surface area contributed by atoms with Crippen LogP contribution in [0.5, 0.6) is 0 Å². The largest absolute Gasteiger partial charge is 0.0772 e. The monoisotopic (exact) mass is 302 g/mol. The highest BCUT2D eigenvalue weighted by molar-refractivity contribution is 5.48. The first-order valence-electron chi connectivity index (χ1n) is 8.70. The van der Waals surface area contributed by atoms with E-state index < -0.39 is 0 Å². The van der Waals surface area contributed by atoms with Crippen LogP contribution in [0.2, 0.25) is 0 Å². The number of allylic oxidation sites excluding steroid dienone is 4. The fraction of sp³-hybridized carbons (Fsp3) is 0.304. The molecule has 2 aromatic rings. The molecule has 0 radical (unpaired) electrons. The Morgan fingerprint density at radius 3 is 2.04 bits per heavy atom. The molecule has 0 unspecified atom stereocenters. The number of hydrogen-bond acceptors (Lipinski definition) is 0. The summed E-state index contributed by atoms with van der Waals surface area (Å²) < 4.78 is 0. The molecule has 0 spiro atoms. The van der Waals surface area contributed by atoms with Gasteiger partial charge in [-0.25, -0.2) is 0 Å². The summed E-state index contributed by atoms with van der Waals surface area (Å²) >= 11 is 0. The van der Waals surface area contributed by atoms with Gasteiger partial charge in [-0.2, -0.15) is 0 Å². The molecule has 2 aromatic carbocycles. The highest BCUT2D eigenvalue weighted by Crippen LogP contribution is 2.38. The lowest BCUT2D eigenvalue weighted by Gasteiger charge is -2.21. The molecule has 118 valence electrons. The van der Waals surface area contributed by atoms with Crippen molar-refractivity contribution in [1.82, 2.24) is 0 Å². The highest BCUT2D eigenvalue weighted by Gasteiger charge is 2.21. The molecule has 1 aliphatic rings. The van der Waals surface area contributed by atoms with E-state index in [1.54, 1.807) is 0 Å². The lowest BCUT2D eigenvalue weighted by atomic mass is 9.83. The van der Waals surface area contributed by atoms with E-state index in [0.717, 1.165) is 6.42 Å². The molecule has 0 saturated carbocycles. The van der Waals surface area contributed by atoms with E-state index in [1.165, 1.54) is 46.2 Å². The highest BCUT2D eigenvalue weighted by atomic mass is 14.3. The minimum Gasteiger partial charge on any atom is -0.0772 e. The molecule has 0 heteroatoms. The summed E-state index contributed by atoms with van der Waals surface area (Å²) in [5.74, 6) is 0.375. The molecular weight excluding hydrogens is 276 g/mol. The number of aryl methyl sites for hydroxylation is 2. The average molecular weight is 302 g/mol. The molecule has 0 N–H and O–H groups in total. The SMILES string of the molecule is CCCC1=CCC(C(c2cccc(C)c2)c2cccc(C)c2)=C1. The molecular formula is C23H26. The zero-order chi connectivity index (χ0) is 16.2. The average Bonchev–Trinajstić information content (AvgIpc) is 2.96. The van der Waals surface area contributed by atoms with Crippen LogP contribution < -0.4 is 0 Å². The van der Waals surface area contributed by atoms with Gasteiger partial charge in [0.05, 0.1) is 0 Å². The Labute approximate surface area is 140 Å². The van der Waals surface area contributed by atoms with E-state index in [4.69, 9.17) is 0 Å². The molecule has 0 atom stereocenters. The standard InChI is InChI=1S/C23H26/c1-4-7-19-12-13-22(16-19)23(20-10-5-8-17(2)14-20)21-11-6-9-18(3)15-21/h5-6,8-12,14-16,23H,4,7,13H2,1-3H3. The fourth-order valence-electron chi connectivity index (χ4n) is 3.59. The topological polar surface area (TPSA) is 0 Å². The lowest BCUT2D eigenvalue weighted by molar-refractivity contribution is 0.913. The van der Waals surface area contributed by atoms with E-state index >= 15 is 0 Å². The number of hydrogen-bond donors (Lipinski definition) is 0. The van der Waals surface area contributed by atoms with Crippen molar-refractivity contribution in [3.63, 3.8) is 0 Å². The molecule has 0 aromatic heterocycles. The molecule has 0 amide bonds. The first-order chi connectivity index (χ1) is 11.2. The van der Waals surface area contributed by atoms with Crippen molar-refractivity contribution in [2.24, 2.45) is 0 Å². The molecule has 0 fully saturated rings. The Balaban J connectivity index is 2.03. The third kappa shape index (κ3) is 3.64. The quantitative estimate of drug-likeness (QED) is 0.592. The van der Waals surface area contributed by atoms with Crippen LogP contribution in [0, 0.1) is 13.8 Å². The second kappa shape index (κ2) is 7.00. The van der Waals surface area contributed by atoms with Gasteiger partial charge in [0, 0.05) is 5.92 Å². The van der Waals surface area contributed by atoms with Crippen molar-refractivity contribution in [2.45, 2.75) is 46.0 Å². The third-order valence-electron chi connectivity index (χ3n) is 4.63. The van der Waals surface area contributed by atoms with Gasteiger partial charge in [-0.15, -0.1) is 0 Å². The number of benzene rings is 2. The summed E-state index contributed by atoms with van der Waals surface area (Å²) in [5.41, 5.74) is 8.53. The van der Waals surface area contributed by atoms with E-state index in [9.17, 15) is 0 Å². The van der Waals surface area contributed by atoms with Crippen molar-refractivity contribution in [3.8, 4) is 0 Å². The molecule has 0 heterocycles. The van der Waals surface area contributed by atoms with Crippen molar-refractivity contribution in [1.29, 1.82) is 0 Å². The lowest BCUT2D eigenvalue weighted by Crippen LogP contribution is -2.04. The van der Waals surface area contributed by atoms with Gasteiger partial charge >= 0.3 is 0 Å². The Hall–Kier alpha value is -2.08. The first kappa shape index (κ1) is 15.8. The van der Waals surface area contributed by atoms with E-state index in [0.29, 0.717) is 5.92 Å². The van der Waals surface area contributed by atoms with Gasteiger partial charge in [0.25, 0.3) is 0 Å². The maximum Gasteiger partial charge on any atom is 0.0305 e. The van der Waals surface area contributed by atoms with Crippen LogP contribution in [0.3, 0.4) is 0 Å². The molecule has 3 rings (SSSR count). The van der Waals surface area contributed by atoms with Crippen LogP contribution in [0.15, 0.2) is 71.8 Å². The summed E-state index contributed by atoms with van der Waals surface area (Å²) in [5, 5.41) is 0. The van der Waals surface area contributed by atoms with Gasteiger partial charge in [0.15, 0.2) is 0 Å². The minimum atomic E-state index is 0.375. The van der Waals surface area contributed by atoms with Gasteiger partial charge in [-0.1, -0.05) is 96.3 Å². The minimum absolute atomic E-state index is 0.375. The van der Waals surface area contributed by atoms with Crippen LogP contribution in [-0.2, 0) is 0 Å². The van der Waals surface area contributed by atoms with E-state index in [2.05, 4.69) is 81.5 Å². The molecule has 0 aliphatic heterocycles. The van der Waals surface area contributed by atoms with Crippen LogP contribution in [0.1, 0.15) is 54.4 Å². The summed E-state index contributed by atoms with van der Waals surface area (Å²) in [4.78, 5) is 0. The van der Waals surface area contributed by atoms with Crippen molar-refractivity contribution < 1.29 is 0 Å². The summed E-state index contributed by atoms with van der Waals surface area (Å²) in [6, 6.07) is 18.0. The summed E-state index contributed by atoms with van der Waals surface area (Å²) in [7, 11) is 0. The van der Waals surface area contributed by atoms with Crippen LogP contribution in [-0.4, -0.2) is 0 Å². The Morgan fingerprint density at radius 2 is 1.52 bits per heavy atom. The molecule has 1 aliphatic carbocycles. The van der Waals surface area contributed by atoms with Crippen molar-refractivity contribution >= 4 is 0 Å². The first-order valence-corrected chi connectivity index (χ1v) is 8.70. The zero-order valence-corrected chi connectivity index (χ0v) is 14.5. The fourth-order valence-corrected chi connectivity index (χ4v) is 3.59. The van der Waals surface area contributed by atoms with Gasteiger partial charge in [0.1, 0.15) is 0 Å². The number of rotatable bonds is 5. The normalized spacial score (nSPS) is 14.1. The Kier molecular flexibility index (Phi) is 4.81. The summed E-state index contributed by atoms with van der Waals surface area (Å²) in [6.07, 6.45) is 8.35. The van der Waals surface area contributed by atoms with Crippen molar-refractivity contribution in [3.05, 3.63) is 94.1 Å². The second-order valence-electron chi connectivity index (χ2n) is 6.71. The van der Waals surface area contributed by atoms with Gasteiger partial charge in [-0.3, -0.25) is 0 Å². The van der Waals surface area contributed by atoms with Gasteiger partial charge in [-0.05, 0) is 37.8 Å². The maximum atomic E-state index is 2.44. The maximum absolute atomic E-state index is 2.44. The van der Waals surface area contributed by atoms with Gasteiger partial charge in [0.2, 0.25) is 0 Å². The van der Waals surface area contributed by atoms with Crippen LogP contribution >= 0.6 is 0 Å². The molecule has 23 heavy (non-hydrogen) atoms. The third-order valence-corrected chi connectivity index (χ3v) is 4.63. The van der Waals surface area contributed by atoms with Gasteiger partial charge < -0.3 is 0 Å². The predicted octanol–water partition coefficient (Wildman–Crippen LogP) is 6.49. The zero-order valence-electron chi connectivity index (χ0n) is 14.5. The molecule has 0 bridgehead atoms. The predicted molar refractivity (Wildman–Crippen MR) is 99.9 cm³/mol. The van der Waals surface area contributed by atoms with E-state index in [1.807, 2.05) is 0 Å². The molecule has 0 saturated heterocycles. The summed E-state index contributed by atoms with van der Waals surface area (Å²) in [6.45, 7) is 6.62. The van der Waals surface area contributed by atoms with Crippen LogP contribution in [0.4, 0.5) is 0 Å². The molecule has 0 nitrogen and oxygen atoms in total. The Morgan fingerprint density at radius 1 is 0.913 bits per heavy atom.